The summed E-state index contributed by atoms with van der Waals surface area (Å²) in [5.41, 5.74) is 1.75. The third-order valence-electron chi connectivity index (χ3n) is 4.62. The molecule has 2 unspecified atom stereocenters. The molecule has 1 aliphatic heterocycles. The largest absolute Gasteiger partial charge is 0.489 e. The van der Waals surface area contributed by atoms with E-state index < -0.39 is 0 Å². The van der Waals surface area contributed by atoms with Crippen molar-refractivity contribution < 1.29 is 14.3 Å². The van der Waals surface area contributed by atoms with Gasteiger partial charge in [-0.2, -0.15) is 0 Å². The van der Waals surface area contributed by atoms with Crippen molar-refractivity contribution in [1.29, 1.82) is 0 Å². The smallest absolute Gasteiger partial charge is 0.338 e. The Morgan fingerprint density at radius 3 is 2.85 bits per heavy atom. The Kier molecular flexibility index (Phi) is 6.62. The molecule has 1 heterocycles. The van der Waals surface area contributed by atoms with Crippen LogP contribution in [0.3, 0.4) is 0 Å². The lowest BCUT2D eigenvalue weighted by atomic mass is 10.0. The van der Waals surface area contributed by atoms with E-state index >= 15 is 0 Å². The van der Waals surface area contributed by atoms with Gasteiger partial charge >= 0.3 is 5.97 Å². The quantitative estimate of drug-likeness (QED) is 0.355. The van der Waals surface area contributed by atoms with Crippen molar-refractivity contribution in [1.82, 2.24) is 0 Å². The molecule has 26 heavy (non-hydrogen) atoms. The Morgan fingerprint density at radius 1 is 1.27 bits per heavy atom. The highest BCUT2D eigenvalue weighted by molar-refractivity contribution is 7.99. The van der Waals surface area contributed by atoms with Gasteiger partial charge in [-0.05, 0) is 36.2 Å². The number of carbonyl (C=O) groups is 1. The van der Waals surface area contributed by atoms with Crippen LogP contribution >= 0.6 is 11.8 Å². The van der Waals surface area contributed by atoms with Crippen molar-refractivity contribution >= 4 is 17.7 Å². The zero-order valence-electron chi connectivity index (χ0n) is 15.4. The highest BCUT2D eigenvalue weighted by Crippen LogP contribution is 2.34. The average molecular weight is 371 g/mol. The molecule has 0 aromatic heterocycles. The number of hydrogen-bond acceptors (Lipinski definition) is 4. The summed E-state index contributed by atoms with van der Waals surface area (Å²) in [6, 6.07) is 16.1. The number of benzene rings is 2. The molecule has 2 aromatic rings. The summed E-state index contributed by atoms with van der Waals surface area (Å²) in [4.78, 5) is 13.4. The van der Waals surface area contributed by atoms with E-state index in [1.165, 1.54) is 10.5 Å². The van der Waals surface area contributed by atoms with Gasteiger partial charge in [0, 0.05) is 23.0 Å². The predicted molar refractivity (Wildman–Crippen MR) is 106 cm³/mol. The lowest BCUT2D eigenvalue weighted by Gasteiger charge is -2.18. The van der Waals surface area contributed by atoms with Gasteiger partial charge in [-0.1, -0.05) is 44.5 Å². The van der Waals surface area contributed by atoms with Crippen molar-refractivity contribution in [2.45, 2.75) is 44.1 Å². The summed E-state index contributed by atoms with van der Waals surface area (Å²) >= 11 is 1.86. The first-order valence-corrected chi connectivity index (χ1v) is 10.3. The van der Waals surface area contributed by atoms with E-state index in [9.17, 15) is 4.79 Å². The summed E-state index contributed by atoms with van der Waals surface area (Å²) in [5.74, 6) is 2.00. The predicted octanol–water partition coefficient (Wildman–Crippen LogP) is 5.38. The number of fused-ring (bicyclic) bond motifs is 1. The minimum atomic E-state index is -0.263. The molecule has 4 heteroatoms. The zero-order valence-corrected chi connectivity index (χ0v) is 16.3. The average Bonchev–Trinajstić information content (AvgIpc) is 3.10. The fraction of sp³-hybridized carbons (Fsp3) is 0.409. The molecule has 1 aliphatic rings. The second-order valence-electron chi connectivity index (χ2n) is 6.77. The van der Waals surface area contributed by atoms with Gasteiger partial charge in [0.05, 0.1) is 12.2 Å². The van der Waals surface area contributed by atoms with Crippen LogP contribution in [0.5, 0.6) is 5.75 Å². The van der Waals surface area contributed by atoms with Crippen LogP contribution in [0.2, 0.25) is 0 Å². The Bertz CT molecular complexity index is 729. The topological polar surface area (TPSA) is 35.5 Å². The number of unbranched alkanes of at least 4 members (excludes halogenated alkanes) is 1. The number of esters is 1. The van der Waals surface area contributed by atoms with E-state index in [1.807, 2.05) is 36.0 Å². The highest BCUT2D eigenvalue weighted by atomic mass is 32.2. The molecule has 0 aliphatic carbocycles. The molecule has 0 fully saturated rings. The Hall–Kier alpha value is -1.94. The summed E-state index contributed by atoms with van der Waals surface area (Å²) in [5, 5.41) is 0. The second kappa shape index (κ2) is 9.13. The van der Waals surface area contributed by atoms with E-state index in [0.29, 0.717) is 18.1 Å². The maximum Gasteiger partial charge on any atom is 0.338 e. The van der Waals surface area contributed by atoms with Crippen molar-refractivity contribution in [3.8, 4) is 5.75 Å². The molecule has 0 amide bonds. The van der Waals surface area contributed by atoms with Gasteiger partial charge in [0.2, 0.25) is 0 Å². The van der Waals surface area contributed by atoms with Crippen LogP contribution in [0.15, 0.2) is 53.4 Å². The zero-order chi connectivity index (χ0) is 18.4. The minimum Gasteiger partial charge on any atom is -0.489 e. The van der Waals surface area contributed by atoms with Crippen molar-refractivity contribution in [2.75, 3.05) is 12.4 Å². The Labute approximate surface area is 160 Å². The fourth-order valence-electron chi connectivity index (χ4n) is 2.94. The Balaban J connectivity index is 1.55. The molecule has 3 rings (SSSR count). The summed E-state index contributed by atoms with van der Waals surface area (Å²) < 4.78 is 11.4. The molecule has 0 N–H and O–H groups in total. The van der Waals surface area contributed by atoms with Crippen molar-refractivity contribution in [3.05, 3.63) is 59.7 Å². The van der Waals surface area contributed by atoms with Crippen LogP contribution in [-0.4, -0.2) is 24.4 Å². The molecule has 3 nitrogen and oxygen atoms in total. The van der Waals surface area contributed by atoms with E-state index in [1.54, 1.807) is 0 Å². The molecule has 0 bridgehead atoms. The third-order valence-corrected chi connectivity index (χ3v) is 5.92. The maximum absolute atomic E-state index is 12.1. The molecular formula is C22H26O3S. The second-order valence-corrected chi connectivity index (χ2v) is 7.87. The SMILES string of the molecule is CCCCOC(=O)c1ccc2c(c1)OC(C(C)CSc1ccccc1)C2. The molecule has 2 aromatic carbocycles. The molecule has 0 saturated carbocycles. The first kappa shape index (κ1) is 18.8. The monoisotopic (exact) mass is 370 g/mol. The van der Waals surface area contributed by atoms with Gasteiger partial charge in [-0.15, -0.1) is 11.8 Å². The van der Waals surface area contributed by atoms with Crippen LogP contribution < -0.4 is 4.74 Å². The number of thioether (sulfide) groups is 1. The standard InChI is InChI=1S/C22H26O3S/c1-3-4-12-24-22(23)18-11-10-17-13-20(25-21(17)14-18)16(2)15-26-19-8-6-5-7-9-19/h5-11,14,16,20H,3-4,12-13,15H2,1-2H3. The van der Waals surface area contributed by atoms with Gasteiger partial charge in [-0.3, -0.25) is 0 Å². The van der Waals surface area contributed by atoms with Gasteiger partial charge in [0.15, 0.2) is 0 Å². The normalized spacial score (nSPS) is 16.6. The number of ether oxygens (including phenoxy) is 2. The van der Waals surface area contributed by atoms with Crippen molar-refractivity contribution in [3.63, 3.8) is 0 Å². The first-order valence-electron chi connectivity index (χ1n) is 9.32. The molecule has 0 saturated heterocycles. The minimum absolute atomic E-state index is 0.160. The molecule has 0 radical (unpaired) electrons. The van der Waals surface area contributed by atoms with E-state index in [0.717, 1.165) is 30.8 Å². The lowest BCUT2D eigenvalue weighted by molar-refractivity contribution is 0.0499. The van der Waals surface area contributed by atoms with Gasteiger partial charge in [-0.25, -0.2) is 4.79 Å². The van der Waals surface area contributed by atoms with Crippen molar-refractivity contribution in [2.24, 2.45) is 5.92 Å². The molecular weight excluding hydrogens is 344 g/mol. The Morgan fingerprint density at radius 2 is 2.08 bits per heavy atom. The van der Waals surface area contributed by atoms with E-state index in [4.69, 9.17) is 9.47 Å². The molecule has 0 spiro atoms. The number of carbonyl (C=O) groups excluding carboxylic acids is 1. The maximum atomic E-state index is 12.1. The van der Waals surface area contributed by atoms with Crippen LogP contribution in [0.4, 0.5) is 0 Å². The number of hydrogen-bond donors (Lipinski definition) is 0. The first-order chi connectivity index (χ1) is 12.7. The van der Waals surface area contributed by atoms with Crippen LogP contribution in [0, 0.1) is 5.92 Å². The number of rotatable bonds is 8. The van der Waals surface area contributed by atoms with Crippen LogP contribution in [0.1, 0.15) is 42.6 Å². The molecule has 2 atom stereocenters. The lowest BCUT2D eigenvalue weighted by Crippen LogP contribution is -2.24. The molecule has 138 valence electrons. The third kappa shape index (κ3) is 4.82. The van der Waals surface area contributed by atoms with Gasteiger partial charge < -0.3 is 9.47 Å². The van der Waals surface area contributed by atoms with Crippen LogP contribution in [-0.2, 0) is 11.2 Å². The van der Waals surface area contributed by atoms with E-state index in [-0.39, 0.29) is 12.1 Å². The van der Waals surface area contributed by atoms with Gasteiger partial charge in [0.1, 0.15) is 11.9 Å². The van der Waals surface area contributed by atoms with E-state index in [2.05, 4.69) is 38.1 Å². The highest BCUT2D eigenvalue weighted by Gasteiger charge is 2.28. The fourth-order valence-corrected chi connectivity index (χ4v) is 3.96. The van der Waals surface area contributed by atoms with Crippen LogP contribution in [0.25, 0.3) is 0 Å². The summed E-state index contributed by atoms with van der Waals surface area (Å²) in [6.07, 6.45) is 2.97. The summed E-state index contributed by atoms with van der Waals surface area (Å²) in [7, 11) is 0. The van der Waals surface area contributed by atoms with Gasteiger partial charge in [0.25, 0.3) is 0 Å². The summed E-state index contributed by atoms with van der Waals surface area (Å²) in [6.45, 7) is 4.78.